The van der Waals surface area contributed by atoms with E-state index in [1.54, 1.807) is 6.20 Å². The summed E-state index contributed by atoms with van der Waals surface area (Å²) in [5.74, 6) is 2.97. The maximum absolute atomic E-state index is 5.99. The highest BCUT2D eigenvalue weighted by Gasteiger charge is 2.39. The minimum atomic E-state index is 0.785. The summed E-state index contributed by atoms with van der Waals surface area (Å²) in [6.45, 7) is 2.13. The van der Waals surface area contributed by atoms with Gasteiger partial charge in [0.15, 0.2) is 0 Å². The van der Waals surface area contributed by atoms with E-state index in [2.05, 4.69) is 16.9 Å². The van der Waals surface area contributed by atoms with Crippen molar-refractivity contribution in [2.75, 3.05) is 13.6 Å². The van der Waals surface area contributed by atoms with Crippen molar-refractivity contribution in [3.05, 3.63) is 29.0 Å². The van der Waals surface area contributed by atoms with Crippen molar-refractivity contribution in [1.29, 1.82) is 0 Å². The molecule has 0 saturated heterocycles. The minimum absolute atomic E-state index is 0.785. The van der Waals surface area contributed by atoms with Gasteiger partial charge in [0.2, 0.25) is 0 Å². The van der Waals surface area contributed by atoms with Crippen LogP contribution in [0, 0.1) is 17.8 Å². The quantitative estimate of drug-likeness (QED) is 0.826. The zero-order chi connectivity index (χ0) is 12.5. The Hall–Kier alpha value is -0.600. The van der Waals surface area contributed by atoms with Gasteiger partial charge in [-0.3, -0.25) is 4.98 Å². The fourth-order valence-electron chi connectivity index (χ4n) is 3.88. The monoisotopic (exact) mass is 264 g/mol. The second kappa shape index (κ2) is 5.18. The maximum atomic E-state index is 5.99. The molecule has 2 bridgehead atoms. The molecule has 3 atom stereocenters. The first-order chi connectivity index (χ1) is 8.70. The highest BCUT2D eigenvalue weighted by atomic mass is 35.5. The number of hydrogen-bond acceptors (Lipinski definition) is 2. The molecule has 18 heavy (non-hydrogen) atoms. The first-order valence-electron chi connectivity index (χ1n) is 6.99. The maximum Gasteiger partial charge on any atom is 0.0558 e. The van der Waals surface area contributed by atoms with Crippen LogP contribution in [-0.2, 0) is 6.54 Å². The number of aromatic nitrogens is 1. The van der Waals surface area contributed by atoms with Gasteiger partial charge < -0.3 is 4.90 Å². The summed E-state index contributed by atoms with van der Waals surface area (Å²) in [6.07, 6.45) is 7.70. The van der Waals surface area contributed by atoms with Crippen molar-refractivity contribution in [3.8, 4) is 0 Å². The Kier molecular flexibility index (Phi) is 3.58. The molecule has 98 valence electrons. The summed E-state index contributed by atoms with van der Waals surface area (Å²) < 4.78 is 0. The molecule has 2 aliphatic rings. The Labute approximate surface area is 114 Å². The summed E-state index contributed by atoms with van der Waals surface area (Å²) in [4.78, 5) is 6.78. The largest absolute Gasteiger partial charge is 0.300 e. The lowest BCUT2D eigenvalue weighted by atomic mass is 9.88. The molecule has 0 aromatic carbocycles. The zero-order valence-electron chi connectivity index (χ0n) is 11.0. The van der Waals surface area contributed by atoms with Gasteiger partial charge in [0.05, 0.1) is 5.69 Å². The smallest absolute Gasteiger partial charge is 0.0558 e. The van der Waals surface area contributed by atoms with Gasteiger partial charge in [0.25, 0.3) is 0 Å². The molecular formula is C15H21ClN2. The lowest BCUT2D eigenvalue weighted by Crippen LogP contribution is -2.28. The standard InChI is InChI=1S/C15H21ClN2/c1-18(10-15-8-14(16)4-5-17-15)9-13-7-11-2-3-12(13)6-11/h4-5,8,11-13H,2-3,6-7,9-10H2,1H3. The highest BCUT2D eigenvalue weighted by Crippen LogP contribution is 2.48. The summed E-state index contributed by atoms with van der Waals surface area (Å²) in [7, 11) is 2.20. The van der Waals surface area contributed by atoms with E-state index in [-0.39, 0.29) is 0 Å². The first kappa shape index (κ1) is 12.4. The Morgan fingerprint density at radius 2 is 2.28 bits per heavy atom. The minimum Gasteiger partial charge on any atom is -0.300 e. The average molecular weight is 265 g/mol. The molecule has 1 heterocycles. The predicted molar refractivity (Wildman–Crippen MR) is 74.5 cm³/mol. The summed E-state index contributed by atoms with van der Waals surface area (Å²) in [6, 6.07) is 3.81. The number of hydrogen-bond donors (Lipinski definition) is 0. The lowest BCUT2D eigenvalue weighted by Gasteiger charge is -2.27. The van der Waals surface area contributed by atoms with E-state index in [1.165, 1.54) is 32.2 Å². The van der Waals surface area contributed by atoms with E-state index >= 15 is 0 Å². The summed E-state index contributed by atoms with van der Waals surface area (Å²) in [5, 5.41) is 0.785. The molecule has 1 aromatic heterocycles. The van der Waals surface area contributed by atoms with Crippen LogP contribution in [0.15, 0.2) is 18.3 Å². The molecule has 3 heteroatoms. The molecule has 0 spiro atoms. The van der Waals surface area contributed by atoms with Crippen LogP contribution in [-0.4, -0.2) is 23.5 Å². The van der Waals surface area contributed by atoms with Gasteiger partial charge in [-0.1, -0.05) is 18.0 Å². The number of fused-ring (bicyclic) bond motifs is 2. The molecule has 2 saturated carbocycles. The average Bonchev–Trinajstić information content (AvgIpc) is 2.90. The van der Waals surface area contributed by atoms with Crippen molar-refractivity contribution < 1.29 is 0 Å². The number of pyridine rings is 1. The fourth-order valence-corrected chi connectivity index (χ4v) is 4.06. The Morgan fingerprint density at radius 3 is 2.94 bits per heavy atom. The van der Waals surface area contributed by atoms with Crippen LogP contribution in [0.2, 0.25) is 5.02 Å². The molecule has 0 N–H and O–H groups in total. The van der Waals surface area contributed by atoms with E-state index in [0.29, 0.717) is 0 Å². The van der Waals surface area contributed by atoms with Crippen molar-refractivity contribution in [1.82, 2.24) is 9.88 Å². The van der Waals surface area contributed by atoms with Crippen LogP contribution in [0.25, 0.3) is 0 Å². The molecule has 2 nitrogen and oxygen atoms in total. The van der Waals surface area contributed by atoms with Gasteiger partial charge in [-0.15, -0.1) is 0 Å². The molecule has 0 radical (unpaired) electrons. The van der Waals surface area contributed by atoms with Crippen LogP contribution in [0.5, 0.6) is 0 Å². The van der Waals surface area contributed by atoms with Crippen LogP contribution >= 0.6 is 11.6 Å². The normalized spacial score (nSPS) is 30.3. The van der Waals surface area contributed by atoms with Crippen molar-refractivity contribution in [3.63, 3.8) is 0 Å². The van der Waals surface area contributed by atoms with Crippen LogP contribution in [0.1, 0.15) is 31.4 Å². The molecular weight excluding hydrogens is 244 g/mol. The SMILES string of the molecule is CN(Cc1cc(Cl)ccn1)CC1CC2CCC1C2. The van der Waals surface area contributed by atoms with Gasteiger partial charge in [-0.2, -0.15) is 0 Å². The summed E-state index contributed by atoms with van der Waals surface area (Å²) in [5.41, 5.74) is 1.08. The van der Waals surface area contributed by atoms with Crippen molar-refractivity contribution >= 4 is 11.6 Å². The Bertz CT molecular complexity index is 421. The summed E-state index contributed by atoms with van der Waals surface area (Å²) >= 11 is 5.99. The Morgan fingerprint density at radius 1 is 1.39 bits per heavy atom. The second-order valence-corrected chi connectivity index (χ2v) is 6.53. The molecule has 3 rings (SSSR count). The van der Waals surface area contributed by atoms with Crippen molar-refractivity contribution in [2.45, 2.75) is 32.2 Å². The van der Waals surface area contributed by atoms with Crippen LogP contribution in [0.3, 0.4) is 0 Å². The molecule has 1 aromatic rings. The molecule has 3 unspecified atom stereocenters. The molecule has 0 amide bonds. The van der Waals surface area contributed by atoms with E-state index in [1.807, 2.05) is 12.1 Å². The van der Waals surface area contributed by atoms with E-state index in [4.69, 9.17) is 11.6 Å². The lowest BCUT2D eigenvalue weighted by molar-refractivity contribution is 0.213. The number of nitrogens with zero attached hydrogens (tertiary/aromatic N) is 2. The Balaban J connectivity index is 1.54. The molecule has 2 fully saturated rings. The van der Waals surface area contributed by atoms with Gasteiger partial charge in [0.1, 0.15) is 0 Å². The third kappa shape index (κ3) is 2.70. The number of halogens is 1. The van der Waals surface area contributed by atoms with Crippen LogP contribution in [0.4, 0.5) is 0 Å². The highest BCUT2D eigenvalue weighted by molar-refractivity contribution is 6.30. The van der Waals surface area contributed by atoms with E-state index < -0.39 is 0 Å². The predicted octanol–water partition coefficient (Wildman–Crippen LogP) is 3.60. The third-order valence-corrected chi connectivity index (χ3v) is 4.88. The number of rotatable bonds is 4. The van der Waals surface area contributed by atoms with Gasteiger partial charge >= 0.3 is 0 Å². The van der Waals surface area contributed by atoms with Crippen LogP contribution < -0.4 is 0 Å². The molecule has 2 aliphatic carbocycles. The van der Waals surface area contributed by atoms with Gasteiger partial charge in [0, 0.05) is 24.3 Å². The first-order valence-corrected chi connectivity index (χ1v) is 7.37. The molecule has 0 aliphatic heterocycles. The third-order valence-electron chi connectivity index (χ3n) is 4.64. The van der Waals surface area contributed by atoms with E-state index in [9.17, 15) is 0 Å². The fraction of sp³-hybridized carbons (Fsp3) is 0.667. The second-order valence-electron chi connectivity index (χ2n) is 6.10. The zero-order valence-corrected chi connectivity index (χ0v) is 11.7. The van der Waals surface area contributed by atoms with Gasteiger partial charge in [-0.05, 0) is 56.2 Å². The topological polar surface area (TPSA) is 16.1 Å². The van der Waals surface area contributed by atoms with E-state index in [0.717, 1.165) is 35.0 Å². The van der Waals surface area contributed by atoms with Gasteiger partial charge in [-0.25, -0.2) is 0 Å². The van der Waals surface area contributed by atoms with Crippen molar-refractivity contribution in [2.24, 2.45) is 17.8 Å².